The number of nitrogens with zero attached hydrogens (tertiary/aromatic N) is 2. The highest BCUT2D eigenvalue weighted by atomic mass is 15.2. The van der Waals surface area contributed by atoms with E-state index in [1.54, 1.807) is 11.1 Å². The molecule has 0 bridgehead atoms. The maximum absolute atomic E-state index is 4.22. The van der Waals surface area contributed by atoms with Gasteiger partial charge in [-0.15, -0.1) is 0 Å². The Bertz CT molecular complexity index is 406. The molecule has 17 heavy (non-hydrogen) atoms. The molecule has 1 aliphatic carbocycles. The van der Waals surface area contributed by atoms with Gasteiger partial charge in [-0.2, -0.15) is 0 Å². The number of pyridine rings is 1. The molecule has 2 heteroatoms. The summed E-state index contributed by atoms with van der Waals surface area (Å²) in [6.07, 6.45) is 9.20. The highest BCUT2D eigenvalue weighted by Crippen LogP contribution is 2.37. The predicted molar refractivity (Wildman–Crippen MR) is 69.7 cm³/mol. The predicted octanol–water partition coefficient (Wildman–Crippen LogP) is 3.33. The second kappa shape index (κ2) is 4.61. The maximum Gasteiger partial charge on any atom is 0.0335 e. The van der Waals surface area contributed by atoms with Crippen LogP contribution in [0.4, 0.5) is 0 Å². The number of allylic oxidation sites excluding steroid dienone is 1. The van der Waals surface area contributed by atoms with Gasteiger partial charge < -0.3 is 0 Å². The smallest absolute Gasteiger partial charge is 0.0335 e. The van der Waals surface area contributed by atoms with Crippen LogP contribution in [0.3, 0.4) is 0 Å². The van der Waals surface area contributed by atoms with E-state index in [0.29, 0.717) is 6.04 Å². The molecule has 90 valence electrons. The zero-order chi connectivity index (χ0) is 11.7. The van der Waals surface area contributed by atoms with Crippen molar-refractivity contribution in [3.8, 4) is 0 Å². The van der Waals surface area contributed by atoms with E-state index >= 15 is 0 Å². The van der Waals surface area contributed by atoms with Crippen LogP contribution in [-0.2, 0) is 0 Å². The molecule has 2 fully saturated rings. The first-order valence-electron chi connectivity index (χ1n) is 6.68. The molecule has 3 rings (SSSR count). The third kappa shape index (κ3) is 2.42. The van der Waals surface area contributed by atoms with Crippen molar-refractivity contribution in [3.63, 3.8) is 0 Å². The third-order valence-electron chi connectivity index (χ3n) is 4.12. The molecular formula is C15H20N2. The average Bonchev–Trinajstić information content (AvgIpc) is 3.24. The lowest BCUT2D eigenvalue weighted by atomic mass is 10.00. The zero-order valence-electron chi connectivity index (χ0n) is 10.5. The van der Waals surface area contributed by atoms with Gasteiger partial charge in [0.25, 0.3) is 0 Å². The van der Waals surface area contributed by atoms with E-state index in [9.17, 15) is 0 Å². The van der Waals surface area contributed by atoms with Crippen molar-refractivity contribution in [1.29, 1.82) is 0 Å². The fourth-order valence-corrected chi connectivity index (χ4v) is 2.78. The van der Waals surface area contributed by atoms with Gasteiger partial charge in [-0.3, -0.25) is 9.88 Å². The van der Waals surface area contributed by atoms with Crippen molar-refractivity contribution in [2.75, 3.05) is 13.1 Å². The monoisotopic (exact) mass is 228 g/mol. The number of rotatable bonds is 2. The minimum Gasteiger partial charge on any atom is -0.296 e. The van der Waals surface area contributed by atoms with E-state index in [0.717, 1.165) is 0 Å². The summed E-state index contributed by atoms with van der Waals surface area (Å²) in [6, 6.07) is 4.73. The van der Waals surface area contributed by atoms with Crippen LogP contribution in [0.2, 0.25) is 0 Å². The van der Waals surface area contributed by atoms with Gasteiger partial charge in [-0.1, -0.05) is 17.2 Å². The van der Waals surface area contributed by atoms with Gasteiger partial charge in [-0.05, 0) is 44.2 Å². The molecule has 0 spiro atoms. The molecule has 1 aromatic rings. The lowest BCUT2D eigenvalue weighted by Crippen LogP contribution is -2.33. The molecule has 1 atom stereocenters. The molecule has 2 heterocycles. The summed E-state index contributed by atoms with van der Waals surface area (Å²) in [5, 5.41) is 0. The molecule has 2 nitrogen and oxygen atoms in total. The van der Waals surface area contributed by atoms with Gasteiger partial charge >= 0.3 is 0 Å². The van der Waals surface area contributed by atoms with E-state index in [1.165, 1.54) is 44.3 Å². The number of piperidine rings is 1. The summed E-state index contributed by atoms with van der Waals surface area (Å²) < 4.78 is 0. The van der Waals surface area contributed by atoms with Gasteiger partial charge in [0.15, 0.2) is 0 Å². The first-order valence-corrected chi connectivity index (χ1v) is 6.68. The number of aromatic nitrogens is 1. The van der Waals surface area contributed by atoms with E-state index < -0.39 is 0 Å². The van der Waals surface area contributed by atoms with Gasteiger partial charge in [0, 0.05) is 31.5 Å². The standard InChI is InChI=1S/C15H20N2/c1-12(15-3-2-8-16-11-15)17-9-6-14(7-10-17)13-4-5-13/h2-3,8,11-12H,4-7,9-10H2,1H3. The first kappa shape index (κ1) is 11.0. The zero-order valence-corrected chi connectivity index (χ0v) is 10.5. The first-order chi connectivity index (χ1) is 8.34. The quantitative estimate of drug-likeness (QED) is 0.722. The molecule has 0 aromatic carbocycles. The van der Waals surface area contributed by atoms with Crippen molar-refractivity contribution >= 4 is 0 Å². The Morgan fingerprint density at radius 2 is 1.82 bits per heavy atom. The number of hydrogen-bond donors (Lipinski definition) is 0. The van der Waals surface area contributed by atoms with Crippen LogP contribution in [0.15, 0.2) is 35.7 Å². The van der Waals surface area contributed by atoms with Crippen LogP contribution < -0.4 is 0 Å². The second-order valence-electron chi connectivity index (χ2n) is 5.21. The lowest BCUT2D eigenvalue weighted by Gasteiger charge is -2.33. The molecule has 1 aliphatic heterocycles. The second-order valence-corrected chi connectivity index (χ2v) is 5.21. The van der Waals surface area contributed by atoms with Crippen LogP contribution in [0.25, 0.3) is 0 Å². The highest BCUT2D eigenvalue weighted by Gasteiger charge is 2.24. The van der Waals surface area contributed by atoms with E-state index in [4.69, 9.17) is 0 Å². The molecule has 2 aliphatic rings. The van der Waals surface area contributed by atoms with Gasteiger partial charge in [0.05, 0.1) is 0 Å². The third-order valence-corrected chi connectivity index (χ3v) is 4.12. The van der Waals surface area contributed by atoms with E-state index in [-0.39, 0.29) is 0 Å². The highest BCUT2D eigenvalue weighted by molar-refractivity contribution is 5.26. The van der Waals surface area contributed by atoms with Crippen molar-refractivity contribution in [2.24, 2.45) is 0 Å². The van der Waals surface area contributed by atoms with Crippen molar-refractivity contribution < 1.29 is 0 Å². The summed E-state index contributed by atoms with van der Waals surface area (Å²) in [5.74, 6) is 0. The fourth-order valence-electron chi connectivity index (χ4n) is 2.78. The SMILES string of the molecule is CC(c1cccnc1)N1CCC(=C2CC2)CC1. The van der Waals surface area contributed by atoms with Crippen LogP contribution in [0.5, 0.6) is 0 Å². The van der Waals surface area contributed by atoms with Gasteiger partial charge in [-0.25, -0.2) is 0 Å². The molecule has 0 N–H and O–H groups in total. The van der Waals surface area contributed by atoms with Crippen LogP contribution in [0.1, 0.15) is 44.2 Å². The normalized spacial score (nSPS) is 22.6. The average molecular weight is 228 g/mol. The molecule has 1 aromatic heterocycles. The summed E-state index contributed by atoms with van der Waals surface area (Å²) in [5.41, 5.74) is 4.87. The van der Waals surface area contributed by atoms with Crippen LogP contribution >= 0.6 is 0 Å². The van der Waals surface area contributed by atoms with Crippen molar-refractivity contribution in [2.45, 2.75) is 38.6 Å². The molecule has 1 saturated heterocycles. The largest absolute Gasteiger partial charge is 0.296 e. The minimum atomic E-state index is 0.509. The summed E-state index contributed by atoms with van der Waals surface area (Å²) in [4.78, 5) is 6.80. The van der Waals surface area contributed by atoms with Gasteiger partial charge in [0.1, 0.15) is 0 Å². The van der Waals surface area contributed by atoms with Crippen LogP contribution in [0, 0.1) is 0 Å². The molecular weight excluding hydrogens is 208 g/mol. The Labute approximate surface area is 103 Å². The molecule has 1 saturated carbocycles. The molecule has 1 unspecified atom stereocenters. The van der Waals surface area contributed by atoms with E-state index in [2.05, 4.69) is 22.9 Å². The summed E-state index contributed by atoms with van der Waals surface area (Å²) >= 11 is 0. The fraction of sp³-hybridized carbons (Fsp3) is 0.533. The Hall–Kier alpha value is -1.15. The Balaban J connectivity index is 1.64. The number of hydrogen-bond acceptors (Lipinski definition) is 2. The molecule has 0 radical (unpaired) electrons. The van der Waals surface area contributed by atoms with Crippen LogP contribution in [-0.4, -0.2) is 23.0 Å². The molecule has 0 amide bonds. The van der Waals surface area contributed by atoms with Crippen molar-refractivity contribution in [1.82, 2.24) is 9.88 Å². The lowest BCUT2D eigenvalue weighted by molar-refractivity contribution is 0.196. The summed E-state index contributed by atoms with van der Waals surface area (Å²) in [7, 11) is 0. The Morgan fingerprint density at radius 1 is 1.12 bits per heavy atom. The van der Waals surface area contributed by atoms with E-state index in [1.807, 2.05) is 18.5 Å². The topological polar surface area (TPSA) is 16.1 Å². The van der Waals surface area contributed by atoms with Crippen molar-refractivity contribution in [3.05, 3.63) is 41.2 Å². The van der Waals surface area contributed by atoms with Gasteiger partial charge in [0.2, 0.25) is 0 Å². The minimum absolute atomic E-state index is 0.509. The Kier molecular flexibility index (Phi) is 2.98. The Morgan fingerprint density at radius 3 is 2.41 bits per heavy atom. The maximum atomic E-state index is 4.22. The summed E-state index contributed by atoms with van der Waals surface area (Å²) in [6.45, 7) is 4.73. The number of likely N-dealkylation sites (tertiary alicyclic amines) is 1.